The van der Waals surface area contributed by atoms with Crippen LogP contribution in [0.15, 0.2) is 29.3 Å². The quantitative estimate of drug-likeness (QED) is 0.729. The summed E-state index contributed by atoms with van der Waals surface area (Å²) in [5.41, 5.74) is 0.952. The summed E-state index contributed by atoms with van der Waals surface area (Å²) in [7, 11) is 0. The van der Waals surface area contributed by atoms with Crippen molar-refractivity contribution in [3.8, 4) is 5.75 Å². The lowest BCUT2D eigenvalue weighted by Crippen LogP contribution is -1.96. The van der Waals surface area contributed by atoms with Crippen LogP contribution < -0.4 is 0 Å². The van der Waals surface area contributed by atoms with Crippen LogP contribution >= 0.6 is 0 Å². The van der Waals surface area contributed by atoms with Crippen molar-refractivity contribution in [2.24, 2.45) is 10.9 Å². The smallest absolute Gasteiger partial charge is 0.116 e. The van der Waals surface area contributed by atoms with Crippen LogP contribution in [0, 0.1) is 5.92 Å². The zero-order valence-corrected chi connectivity index (χ0v) is 8.77. The zero-order chi connectivity index (χ0) is 10.4. The van der Waals surface area contributed by atoms with E-state index in [9.17, 15) is 5.11 Å². The lowest BCUT2D eigenvalue weighted by molar-refractivity contribution is 0.475. The second-order valence-corrected chi connectivity index (χ2v) is 3.60. The normalized spacial score (nSPS) is 13.3. The number of rotatable bonds is 4. The summed E-state index contributed by atoms with van der Waals surface area (Å²) in [6, 6.07) is 7.12. The molecule has 0 radical (unpaired) electrons. The van der Waals surface area contributed by atoms with E-state index in [-0.39, 0.29) is 5.75 Å². The predicted molar refractivity (Wildman–Crippen MR) is 60.0 cm³/mol. The Morgan fingerprint density at radius 2 is 2.29 bits per heavy atom. The molecule has 0 heterocycles. The summed E-state index contributed by atoms with van der Waals surface area (Å²) in [4.78, 5) is 4.32. The standard InChI is InChI=1S/C12H17NO/c1-3-10(2)8-13-9-11-5-4-6-12(14)7-11/h4-7,9-10,14H,3,8H2,1-2H3. The number of benzene rings is 1. The first-order valence-electron chi connectivity index (χ1n) is 5.01. The van der Waals surface area contributed by atoms with Gasteiger partial charge in [0, 0.05) is 12.8 Å². The average Bonchev–Trinajstić information content (AvgIpc) is 2.17. The Morgan fingerprint density at radius 3 is 2.93 bits per heavy atom. The van der Waals surface area contributed by atoms with Gasteiger partial charge in [-0.05, 0) is 23.6 Å². The van der Waals surface area contributed by atoms with E-state index in [0.29, 0.717) is 5.92 Å². The summed E-state index contributed by atoms with van der Waals surface area (Å²) in [5.74, 6) is 0.918. The van der Waals surface area contributed by atoms with Crippen molar-refractivity contribution < 1.29 is 5.11 Å². The Balaban J connectivity index is 2.51. The monoisotopic (exact) mass is 191 g/mol. The van der Waals surface area contributed by atoms with Crippen LogP contribution in [0.3, 0.4) is 0 Å². The SMILES string of the molecule is CCC(C)CN=Cc1cccc(O)c1. The Bertz CT molecular complexity index is 307. The van der Waals surface area contributed by atoms with Crippen LogP contribution in [0.5, 0.6) is 5.75 Å². The Labute approximate surface area is 85.3 Å². The highest BCUT2D eigenvalue weighted by Crippen LogP contribution is 2.09. The van der Waals surface area contributed by atoms with Crippen molar-refractivity contribution in [1.29, 1.82) is 0 Å². The Morgan fingerprint density at radius 1 is 1.50 bits per heavy atom. The summed E-state index contributed by atoms with van der Waals surface area (Å²) in [6.45, 7) is 5.19. The minimum absolute atomic E-state index is 0.289. The number of aromatic hydroxyl groups is 1. The molecule has 0 aliphatic rings. The predicted octanol–water partition coefficient (Wildman–Crippen LogP) is 2.86. The largest absolute Gasteiger partial charge is 0.508 e. The van der Waals surface area contributed by atoms with Gasteiger partial charge in [-0.2, -0.15) is 0 Å². The first-order valence-corrected chi connectivity index (χ1v) is 5.01. The lowest BCUT2D eigenvalue weighted by Gasteiger charge is -2.02. The summed E-state index contributed by atoms with van der Waals surface area (Å²) in [6.07, 6.45) is 2.96. The van der Waals surface area contributed by atoms with Gasteiger partial charge in [-0.3, -0.25) is 4.99 Å². The molecule has 0 aliphatic heterocycles. The molecule has 76 valence electrons. The maximum absolute atomic E-state index is 9.21. The average molecular weight is 191 g/mol. The molecule has 0 aromatic heterocycles. The number of hydrogen-bond donors (Lipinski definition) is 1. The lowest BCUT2D eigenvalue weighted by atomic mass is 10.1. The van der Waals surface area contributed by atoms with Gasteiger partial charge in [-0.25, -0.2) is 0 Å². The molecule has 1 atom stereocenters. The first kappa shape index (κ1) is 10.8. The molecule has 14 heavy (non-hydrogen) atoms. The number of aliphatic imine (C=N–C) groups is 1. The van der Waals surface area contributed by atoms with Gasteiger partial charge in [-0.1, -0.05) is 32.4 Å². The third kappa shape index (κ3) is 3.60. The van der Waals surface area contributed by atoms with Gasteiger partial charge in [0.05, 0.1) is 0 Å². The second kappa shape index (κ2) is 5.43. The molecule has 1 aromatic carbocycles. The minimum atomic E-state index is 0.289. The Kier molecular flexibility index (Phi) is 4.17. The highest BCUT2D eigenvalue weighted by molar-refractivity contribution is 5.80. The molecule has 0 aliphatic carbocycles. The van der Waals surface area contributed by atoms with E-state index < -0.39 is 0 Å². The van der Waals surface area contributed by atoms with E-state index in [0.717, 1.165) is 18.5 Å². The molecule has 0 saturated heterocycles. The van der Waals surface area contributed by atoms with Crippen molar-refractivity contribution in [2.45, 2.75) is 20.3 Å². The van der Waals surface area contributed by atoms with Crippen LogP contribution in [-0.4, -0.2) is 17.9 Å². The van der Waals surface area contributed by atoms with Crippen LogP contribution in [0.25, 0.3) is 0 Å². The highest BCUT2D eigenvalue weighted by atomic mass is 16.3. The van der Waals surface area contributed by atoms with Gasteiger partial charge in [0.2, 0.25) is 0 Å². The van der Waals surface area contributed by atoms with Gasteiger partial charge in [-0.15, -0.1) is 0 Å². The summed E-state index contributed by atoms with van der Waals surface area (Å²) >= 11 is 0. The van der Waals surface area contributed by atoms with Crippen LogP contribution in [0.1, 0.15) is 25.8 Å². The van der Waals surface area contributed by atoms with E-state index in [4.69, 9.17) is 0 Å². The fraction of sp³-hybridized carbons (Fsp3) is 0.417. The van der Waals surface area contributed by atoms with Crippen molar-refractivity contribution in [2.75, 3.05) is 6.54 Å². The van der Waals surface area contributed by atoms with E-state index in [2.05, 4.69) is 18.8 Å². The minimum Gasteiger partial charge on any atom is -0.508 e. The van der Waals surface area contributed by atoms with Gasteiger partial charge in [0.25, 0.3) is 0 Å². The van der Waals surface area contributed by atoms with Gasteiger partial charge < -0.3 is 5.11 Å². The van der Waals surface area contributed by atoms with Crippen LogP contribution in [-0.2, 0) is 0 Å². The number of nitrogens with zero attached hydrogens (tertiary/aromatic N) is 1. The van der Waals surface area contributed by atoms with Crippen molar-refractivity contribution in [1.82, 2.24) is 0 Å². The van der Waals surface area contributed by atoms with E-state index in [1.807, 2.05) is 18.3 Å². The fourth-order valence-electron chi connectivity index (χ4n) is 1.07. The molecule has 0 amide bonds. The molecule has 0 bridgehead atoms. The van der Waals surface area contributed by atoms with E-state index in [1.165, 1.54) is 0 Å². The van der Waals surface area contributed by atoms with Crippen LogP contribution in [0.2, 0.25) is 0 Å². The van der Waals surface area contributed by atoms with Crippen molar-refractivity contribution >= 4 is 6.21 Å². The Hall–Kier alpha value is -1.31. The third-order valence-corrected chi connectivity index (χ3v) is 2.22. The molecule has 2 heteroatoms. The molecule has 1 aromatic rings. The molecular weight excluding hydrogens is 174 g/mol. The second-order valence-electron chi connectivity index (χ2n) is 3.60. The number of phenols is 1. The maximum Gasteiger partial charge on any atom is 0.116 e. The summed E-state index contributed by atoms with van der Waals surface area (Å²) < 4.78 is 0. The topological polar surface area (TPSA) is 32.6 Å². The molecule has 0 saturated carbocycles. The highest BCUT2D eigenvalue weighted by Gasteiger charge is 1.94. The third-order valence-electron chi connectivity index (χ3n) is 2.22. The van der Waals surface area contributed by atoms with E-state index >= 15 is 0 Å². The molecule has 1 unspecified atom stereocenters. The number of hydrogen-bond acceptors (Lipinski definition) is 2. The first-order chi connectivity index (χ1) is 6.72. The molecule has 1 N–H and O–H groups in total. The fourth-order valence-corrected chi connectivity index (χ4v) is 1.07. The van der Waals surface area contributed by atoms with Crippen molar-refractivity contribution in [3.63, 3.8) is 0 Å². The van der Waals surface area contributed by atoms with Gasteiger partial charge >= 0.3 is 0 Å². The van der Waals surface area contributed by atoms with Gasteiger partial charge in [0.15, 0.2) is 0 Å². The van der Waals surface area contributed by atoms with Gasteiger partial charge in [0.1, 0.15) is 5.75 Å². The summed E-state index contributed by atoms with van der Waals surface area (Å²) in [5, 5.41) is 9.21. The molecular formula is C12H17NO. The van der Waals surface area contributed by atoms with Crippen LogP contribution in [0.4, 0.5) is 0 Å². The maximum atomic E-state index is 9.21. The van der Waals surface area contributed by atoms with E-state index in [1.54, 1.807) is 12.1 Å². The zero-order valence-electron chi connectivity index (χ0n) is 8.77. The molecule has 0 spiro atoms. The molecule has 2 nitrogen and oxygen atoms in total. The molecule has 0 fully saturated rings. The number of phenolic OH excluding ortho intramolecular Hbond substituents is 1. The molecule has 1 rings (SSSR count). The van der Waals surface area contributed by atoms with Crippen molar-refractivity contribution in [3.05, 3.63) is 29.8 Å².